The van der Waals surface area contributed by atoms with Gasteiger partial charge in [0.05, 0.1) is 7.11 Å². The van der Waals surface area contributed by atoms with Gasteiger partial charge in [-0.3, -0.25) is 0 Å². The Bertz CT molecular complexity index is 794. The van der Waals surface area contributed by atoms with Gasteiger partial charge >= 0.3 is 5.69 Å². The molecule has 0 spiro atoms. The molecule has 0 radical (unpaired) electrons. The molecule has 0 amide bonds. The number of nitrogens with one attached hydrogen (secondary N) is 2. The van der Waals surface area contributed by atoms with E-state index < -0.39 is 0 Å². The molecule has 0 aliphatic carbocycles. The highest BCUT2D eigenvalue weighted by Crippen LogP contribution is 2.11. The normalized spacial score (nSPS) is 10.7. The average Bonchev–Trinajstić information content (AvgIpc) is 2.86. The average molecular weight is 272 g/mol. The number of ether oxygens (including phenoxy) is 1. The number of pyridine rings is 1. The number of nitrogens with zero attached hydrogens (tertiary/aromatic N) is 4. The van der Waals surface area contributed by atoms with E-state index in [-0.39, 0.29) is 5.69 Å². The lowest BCUT2D eigenvalue weighted by atomic mass is 10.2. The molecular formula is C12H12N6O2. The van der Waals surface area contributed by atoms with Crippen molar-refractivity contribution in [2.24, 2.45) is 0 Å². The maximum Gasteiger partial charge on any atom is 0.348 e. The van der Waals surface area contributed by atoms with E-state index in [9.17, 15) is 4.79 Å². The third-order valence-electron chi connectivity index (χ3n) is 2.79. The standard InChI is InChI=1S/C12H12N6O2/c1-20-11-4-8(2-3-13-11)6-14-9-5-10-16-17-12(19)18(10)7-15-9/h2-5,7,14H,6H2,1H3,(H,17,19). The zero-order valence-corrected chi connectivity index (χ0v) is 10.7. The van der Waals surface area contributed by atoms with E-state index in [1.807, 2.05) is 12.1 Å². The van der Waals surface area contributed by atoms with Crippen LogP contribution in [0, 0.1) is 0 Å². The summed E-state index contributed by atoms with van der Waals surface area (Å²) >= 11 is 0. The highest BCUT2D eigenvalue weighted by atomic mass is 16.5. The van der Waals surface area contributed by atoms with Gasteiger partial charge in [0, 0.05) is 24.9 Å². The maximum absolute atomic E-state index is 11.3. The molecule has 3 aromatic rings. The molecule has 8 heteroatoms. The van der Waals surface area contributed by atoms with Crippen molar-refractivity contribution in [2.75, 3.05) is 12.4 Å². The van der Waals surface area contributed by atoms with Crippen molar-refractivity contribution >= 4 is 11.5 Å². The molecule has 0 fully saturated rings. The predicted molar refractivity (Wildman–Crippen MR) is 71.7 cm³/mol. The molecule has 0 aliphatic rings. The Balaban J connectivity index is 1.77. The van der Waals surface area contributed by atoms with Crippen LogP contribution in [0.3, 0.4) is 0 Å². The van der Waals surface area contributed by atoms with Gasteiger partial charge in [0.1, 0.15) is 12.1 Å². The Kier molecular flexibility index (Phi) is 3.04. The van der Waals surface area contributed by atoms with Gasteiger partial charge in [-0.1, -0.05) is 0 Å². The Labute approximate surface area is 113 Å². The number of hydrogen-bond acceptors (Lipinski definition) is 6. The first-order chi connectivity index (χ1) is 9.76. The maximum atomic E-state index is 11.3. The number of anilines is 1. The molecule has 0 atom stereocenters. The minimum absolute atomic E-state index is 0.307. The van der Waals surface area contributed by atoms with E-state index in [0.717, 1.165) is 5.56 Å². The number of H-pyrrole nitrogens is 1. The highest BCUT2D eigenvalue weighted by Gasteiger charge is 2.03. The van der Waals surface area contributed by atoms with E-state index in [1.54, 1.807) is 19.4 Å². The predicted octanol–water partition coefficient (Wildman–Crippen LogP) is 0.433. The van der Waals surface area contributed by atoms with E-state index >= 15 is 0 Å². The summed E-state index contributed by atoms with van der Waals surface area (Å²) in [5.41, 5.74) is 1.22. The Morgan fingerprint density at radius 2 is 2.30 bits per heavy atom. The Hall–Kier alpha value is -2.90. The summed E-state index contributed by atoms with van der Waals surface area (Å²) in [5.74, 6) is 1.19. The molecule has 0 aromatic carbocycles. The highest BCUT2D eigenvalue weighted by molar-refractivity contribution is 5.48. The molecule has 0 unspecified atom stereocenters. The summed E-state index contributed by atoms with van der Waals surface area (Å²) in [4.78, 5) is 19.5. The van der Waals surface area contributed by atoms with Crippen molar-refractivity contribution < 1.29 is 4.74 Å². The lowest BCUT2D eigenvalue weighted by Crippen LogP contribution is -2.10. The Morgan fingerprint density at radius 3 is 3.15 bits per heavy atom. The van der Waals surface area contributed by atoms with Gasteiger partial charge in [-0.2, -0.15) is 5.10 Å². The molecule has 0 saturated carbocycles. The van der Waals surface area contributed by atoms with Crippen LogP contribution >= 0.6 is 0 Å². The zero-order chi connectivity index (χ0) is 13.9. The van der Waals surface area contributed by atoms with Gasteiger partial charge in [-0.25, -0.2) is 24.3 Å². The van der Waals surface area contributed by atoms with E-state index in [0.29, 0.717) is 23.9 Å². The molecule has 3 heterocycles. The van der Waals surface area contributed by atoms with Crippen LogP contribution in [0.5, 0.6) is 5.88 Å². The second-order valence-electron chi connectivity index (χ2n) is 4.09. The molecule has 2 N–H and O–H groups in total. The molecule has 0 bridgehead atoms. The van der Waals surface area contributed by atoms with Crippen LogP contribution in [0.4, 0.5) is 5.82 Å². The quantitative estimate of drug-likeness (QED) is 0.715. The smallest absolute Gasteiger partial charge is 0.348 e. The summed E-state index contributed by atoms with van der Waals surface area (Å²) < 4.78 is 6.39. The number of rotatable bonds is 4. The first-order valence-corrected chi connectivity index (χ1v) is 5.92. The van der Waals surface area contributed by atoms with Crippen LogP contribution < -0.4 is 15.7 Å². The first-order valence-electron chi connectivity index (χ1n) is 5.92. The van der Waals surface area contributed by atoms with Crippen molar-refractivity contribution in [1.29, 1.82) is 0 Å². The fourth-order valence-electron chi connectivity index (χ4n) is 1.77. The van der Waals surface area contributed by atoms with Crippen LogP contribution in [0.25, 0.3) is 5.65 Å². The van der Waals surface area contributed by atoms with Crippen LogP contribution in [-0.2, 0) is 6.54 Å². The number of hydrogen-bond donors (Lipinski definition) is 2. The molecule has 20 heavy (non-hydrogen) atoms. The summed E-state index contributed by atoms with van der Waals surface area (Å²) in [6, 6.07) is 5.41. The minimum atomic E-state index is -0.307. The third-order valence-corrected chi connectivity index (χ3v) is 2.79. The SMILES string of the molecule is COc1cc(CNc2cc3n[nH]c(=O)n3cn2)ccn1. The summed E-state index contributed by atoms with van der Waals surface area (Å²) in [5, 5.41) is 9.38. The molecule has 0 aliphatic heterocycles. The third kappa shape index (κ3) is 2.30. The van der Waals surface area contributed by atoms with Crippen LogP contribution in [0.15, 0.2) is 35.5 Å². The minimum Gasteiger partial charge on any atom is -0.481 e. The van der Waals surface area contributed by atoms with Gasteiger partial charge in [-0.05, 0) is 11.6 Å². The lowest BCUT2D eigenvalue weighted by Gasteiger charge is -2.06. The fourth-order valence-corrected chi connectivity index (χ4v) is 1.77. The summed E-state index contributed by atoms with van der Waals surface area (Å²) in [7, 11) is 1.57. The zero-order valence-electron chi connectivity index (χ0n) is 10.7. The number of aromatic nitrogens is 5. The molecular weight excluding hydrogens is 260 g/mol. The van der Waals surface area contributed by atoms with Gasteiger partial charge < -0.3 is 10.1 Å². The van der Waals surface area contributed by atoms with Crippen molar-refractivity contribution in [3.63, 3.8) is 0 Å². The first kappa shape index (κ1) is 12.2. The van der Waals surface area contributed by atoms with Gasteiger partial charge in [-0.15, -0.1) is 0 Å². The van der Waals surface area contributed by atoms with E-state index in [1.165, 1.54) is 10.7 Å². The van der Waals surface area contributed by atoms with Crippen molar-refractivity contribution in [3.8, 4) is 5.88 Å². The second kappa shape index (κ2) is 5.00. The van der Waals surface area contributed by atoms with E-state index in [2.05, 4.69) is 25.5 Å². The van der Waals surface area contributed by atoms with Crippen LogP contribution in [0.1, 0.15) is 5.56 Å². The molecule has 102 valence electrons. The number of fused-ring (bicyclic) bond motifs is 1. The van der Waals surface area contributed by atoms with Crippen molar-refractivity contribution in [1.82, 2.24) is 24.6 Å². The second-order valence-corrected chi connectivity index (χ2v) is 4.09. The largest absolute Gasteiger partial charge is 0.481 e. The molecule has 3 aromatic heterocycles. The fraction of sp³-hybridized carbons (Fsp3) is 0.167. The van der Waals surface area contributed by atoms with Crippen molar-refractivity contribution in [3.05, 3.63) is 46.8 Å². The molecule has 3 rings (SSSR count). The van der Waals surface area contributed by atoms with Crippen LogP contribution in [0.2, 0.25) is 0 Å². The van der Waals surface area contributed by atoms with Gasteiger partial charge in [0.25, 0.3) is 0 Å². The summed E-state index contributed by atoms with van der Waals surface area (Å²) in [6.07, 6.45) is 3.11. The van der Waals surface area contributed by atoms with Gasteiger partial charge in [0.2, 0.25) is 5.88 Å². The molecule has 0 saturated heterocycles. The van der Waals surface area contributed by atoms with Crippen LogP contribution in [-0.4, -0.2) is 31.7 Å². The molecule has 8 nitrogen and oxygen atoms in total. The van der Waals surface area contributed by atoms with E-state index in [4.69, 9.17) is 4.74 Å². The number of aromatic amines is 1. The van der Waals surface area contributed by atoms with Gasteiger partial charge in [0.15, 0.2) is 5.65 Å². The number of methoxy groups -OCH3 is 1. The monoisotopic (exact) mass is 272 g/mol. The summed E-state index contributed by atoms with van der Waals surface area (Å²) in [6.45, 7) is 0.566. The topological polar surface area (TPSA) is 97.2 Å². The van der Waals surface area contributed by atoms with Crippen molar-refractivity contribution in [2.45, 2.75) is 6.54 Å². The Morgan fingerprint density at radius 1 is 1.40 bits per heavy atom. The lowest BCUT2D eigenvalue weighted by molar-refractivity contribution is 0.397.